The minimum atomic E-state index is -0.470. The first kappa shape index (κ1) is 6.17. The number of hydrogen-bond donors (Lipinski definition) is 2. The number of allylic oxidation sites excluding steroid dienone is 2. The Morgan fingerprint density at radius 1 is 1.86 bits per heavy atom. The van der Waals surface area contributed by atoms with Crippen LogP contribution in [0.5, 0.6) is 0 Å². The Balaban J connectivity index is 3.49. The van der Waals surface area contributed by atoms with E-state index in [0.717, 1.165) is 12.3 Å². The zero-order chi connectivity index (χ0) is 5.70. The van der Waals surface area contributed by atoms with E-state index < -0.39 is 5.83 Å². The van der Waals surface area contributed by atoms with Crippen molar-refractivity contribution < 1.29 is 4.39 Å². The summed E-state index contributed by atoms with van der Waals surface area (Å²) in [5, 5.41) is 0. The van der Waals surface area contributed by atoms with E-state index in [1.165, 1.54) is 0 Å². The van der Waals surface area contributed by atoms with Gasteiger partial charge in [0.2, 0.25) is 0 Å². The van der Waals surface area contributed by atoms with Crippen molar-refractivity contribution in [3.63, 3.8) is 0 Å². The zero-order valence-corrected chi connectivity index (χ0v) is 3.82. The minimum absolute atomic E-state index is 0.470. The maximum Gasteiger partial charge on any atom is 0.139 e. The van der Waals surface area contributed by atoms with E-state index in [0.29, 0.717) is 0 Å². The van der Waals surface area contributed by atoms with Gasteiger partial charge in [0.25, 0.3) is 0 Å². The monoisotopic (exact) mass is 102 g/mol. The molecule has 0 radical (unpaired) electrons. The molecule has 0 fully saturated rings. The maximum atomic E-state index is 11.7. The molecule has 0 spiro atoms. The Morgan fingerprint density at radius 3 is 2.57 bits per heavy atom. The number of hydrazine groups is 1. The zero-order valence-electron chi connectivity index (χ0n) is 3.82. The molecule has 0 bridgehead atoms. The van der Waals surface area contributed by atoms with Crippen LogP contribution in [0.15, 0.2) is 24.7 Å². The van der Waals surface area contributed by atoms with Gasteiger partial charge in [0.1, 0.15) is 5.83 Å². The predicted molar refractivity (Wildman–Crippen MR) is 26.7 cm³/mol. The Labute approximate surface area is 41.5 Å². The maximum absolute atomic E-state index is 11.7. The van der Waals surface area contributed by atoms with Gasteiger partial charge in [-0.1, -0.05) is 6.58 Å². The van der Waals surface area contributed by atoms with E-state index in [1.807, 2.05) is 5.43 Å². The smallest absolute Gasteiger partial charge is 0.139 e. The molecule has 0 aromatic heterocycles. The van der Waals surface area contributed by atoms with Crippen LogP contribution in [0.2, 0.25) is 0 Å². The second kappa shape index (κ2) is 3.36. The van der Waals surface area contributed by atoms with Gasteiger partial charge < -0.3 is 5.43 Å². The van der Waals surface area contributed by atoms with Crippen LogP contribution in [0, 0.1) is 0 Å². The van der Waals surface area contributed by atoms with Crippen LogP contribution in [0.4, 0.5) is 4.39 Å². The predicted octanol–water partition coefficient (Wildman–Crippen LogP) is 0.447. The lowest BCUT2D eigenvalue weighted by Gasteiger charge is -1.83. The van der Waals surface area contributed by atoms with Crippen molar-refractivity contribution >= 4 is 0 Å². The molecule has 0 heterocycles. The van der Waals surface area contributed by atoms with Crippen molar-refractivity contribution in [2.75, 3.05) is 0 Å². The quantitative estimate of drug-likeness (QED) is 0.302. The van der Waals surface area contributed by atoms with Gasteiger partial charge in [-0.2, -0.15) is 0 Å². The summed E-state index contributed by atoms with van der Waals surface area (Å²) in [6.07, 6.45) is 2.06. The highest BCUT2D eigenvalue weighted by molar-refractivity contribution is 5.04. The molecule has 0 aromatic carbocycles. The molecule has 40 valence electrons. The minimum Gasteiger partial charge on any atom is -0.328 e. The Morgan fingerprint density at radius 2 is 2.43 bits per heavy atom. The molecule has 3 heteroatoms. The van der Waals surface area contributed by atoms with E-state index in [9.17, 15) is 4.39 Å². The van der Waals surface area contributed by atoms with Crippen molar-refractivity contribution in [3.05, 3.63) is 24.7 Å². The molecular weight excluding hydrogens is 95.1 g/mol. The van der Waals surface area contributed by atoms with Crippen LogP contribution in [-0.2, 0) is 0 Å². The van der Waals surface area contributed by atoms with E-state index in [-0.39, 0.29) is 0 Å². The normalized spacial score (nSPS) is 10.9. The molecule has 2 nitrogen and oxygen atoms in total. The summed E-state index contributed by atoms with van der Waals surface area (Å²) < 4.78 is 11.7. The van der Waals surface area contributed by atoms with Gasteiger partial charge >= 0.3 is 0 Å². The third-order valence-electron chi connectivity index (χ3n) is 0.416. The first-order valence-corrected chi connectivity index (χ1v) is 1.75. The number of nitrogens with two attached hydrogens (primary N) is 1. The van der Waals surface area contributed by atoms with Crippen molar-refractivity contribution in [1.82, 2.24) is 5.43 Å². The molecule has 0 rings (SSSR count). The van der Waals surface area contributed by atoms with E-state index in [1.54, 1.807) is 0 Å². The Kier molecular flexibility index (Phi) is 2.96. The second-order valence-corrected chi connectivity index (χ2v) is 0.900. The fourth-order valence-electron chi connectivity index (χ4n) is 0.139. The molecule has 0 aliphatic rings. The number of rotatable bonds is 2. The molecule has 0 saturated carbocycles. The van der Waals surface area contributed by atoms with E-state index in [4.69, 9.17) is 5.84 Å². The fourth-order valence-corrected chi connectivity index (χ4v) is 0.139. The van der Waals surface area contributed by atoms with Crippen molar-refractivity contribution in [2.24, 2.45) is 5.84 Å². The summed E-state index contributed by atoms with van der Waals surface area (Å²) >= 11 is 0. The molecule has 0 aliphatic carbocycles. The summed E-state index contributed by atoms with van der Waals surface area (Å²) in [6.45, 7) is 3.14. The standard InChI is InChI=1S/C4H7FN2/c1-2-4(5)3-7-6/h2-3,7H,1,6H2/b4-3+. The Bertz CT molecular complexity index is 87.7. The average Bonchev–Trinajstić information content (AvgIpc) is 1.68. The molecule has 7 heavy (non-hydrogen) atoms. The van der Waals surface area contributed by atoms with Gasteiger partial charge in [0.15, 0.2) is 0 Å². The third-order valence-corrected chi connectivity index (χ3v) is 0.416. The number of nitrogens with one attached hydrogen (secondary N) is 1. The molecule has 0 aromatic rings. The van der Waals surface area contributed by atoms with Crippen LogP contribution >= 0.6 is 0 Å². The highest BCUT2D eigenvalue weighted by Gasteiger charge is 1.77. The summed E-state index contributed by atoms with van der Waals surface area (Å²) in [6, 6.07) is 0. The third kappa shape index (κ3) is 2.99. The number of halogens is 1. The molecule has 0 amide bonds. The fraction of sp³-hybridized carbons (Fsp3) is 0. The molecule has 0 saturated heterocycles. The lowest BCUT2D eigenvalue weighted by atomic mass is 10.6. The average molecular weight is 102 g/mol. The highest BCUT2D eigenvalue weighted by Crippen LogP contribution is 1.90. The van der Waals surface area contributed by atoms with Gasteiger partial charge in [0, 0.05) is 6.20 Å². The second-order valence-electron chi connectivity index (χ2n) is 0.900. The van der Waals surface area contributed by atoms with Crippen molar-refractivity contribution in [2.45, 2.75) is 0 Å². The van der Waals surface area contributed by atoms with Gasteiger partial charge in [0.05, 0.1) is 0 Å². The molecule has 0 unspecified atom stereocenters. The molecule has 0 aliphatic heterocycles. The van der Waals surface area contributed by atoms with Crippen molar-refractivity contribution in [3.8, 4) is 0 Å². The van der Waals surface area contributed by atoms with Gasteiger partial charge in [-0.05, 0) is 6.08 Å². The van der Waals surface area contributed by atoms with Crippen LogP contribution < -0.4 is 11.3 Å². The van der Waals surface area contributed by atoms with E-state index in [2.05, 4.69) is 6.58 Å². The summed E-state index contributed by atoms with van der Waals surface area (Å²) in [7, 11) is 0. The van der Waals surface area contributed by atoms with Gasteiger partial charge in [-0.3, -0.25) is 5.84 Å². The van der Waals surface area contributed by atoms with Crippen LogP contribution in [0.25, 0.3) is 0 Å². The largest absolute Gasteiger partial charge is 0.328 e. The van der Waals surface area contributed by atoms with Gasteiger partial charge in [-0.15, -0.1) is 0 Å². The van der Waals surface area contributed by atoms with Crippen LogP contribution in [0.3, 0.4) is 0 Å². The van der Waals surface area contributed by atoms with Gasteiger partial charge in [-0.25, -0.2) is 4.39 Å². The topological polar surface area (TPSA) is 38.0 Å². The lowest BCUT2D eigenvalue weighted by Crippen LogP contribution is -2.13. The molecule has 0 atom stereocenters. The summed E-state index contributed by atoms with van der Waals surface area (Å²) in [4.78, 5) is 0. The SMILES string of the molecule is C=C/C(F)=C\NN. The summed E-state index contributed by atoms with van der Waals surface area (Å²) in [5.74, 6) is 4.22. The van der Waals surface area contributed by atoms with Crippen molar-refractivity contribution in [1.29, 1.82) is 0 Å². The summed E-state index contributed by atoms with van der Waals surface area (Å²) in [5.41, 5.74) is 2.01. The molecule has 3 N–H and O–H groups in total. The highest BCUT2D eigenvalue weighted by atomic mass is 19.1. The van der Waals surface area contributed by atoms with Crippen LogP contribution in [-0.4, -0.2) is 0 Å². The molecular formula is C4H7FN2. The van der Waals surface area contributed by atoms with Crippen LogP contribution in [0.1, 0.15) is 0 Å². The first-order valence-electron chi connectivity index (χ1n) is 1.75. The van der Waals surface area contributed by atoms with E-state index >= 15 is 0 Å². The number of hydrogen-bond acceptors (Lipinski definition) is 2. The first-order chi connectivity index (χ1) is 3.31. The lowest BCUT2D eigenvalue weighted by molar-refractivity contribution is 0.654. The Hall–Kier alpha value is -0.830.